The van der Waals surface area contributed by atoms with Crippen LogP contribution in [0.2, 0.25) is 0 Å². The molecule has 0 aliphatic rings. The number of para-hydroxylation sites is 1. The van der Waals surface area contributed by atoms with Crippen molar-refractivity contribution in [2.75, 3.05) is 5.32 Å². The van der Waals surface area contributed by atoms with Gasteiger partial charge < -0.3 is 21.6 Å². The topological polar surface area (TPSA) is 159 Å². The van der Waals surface area contributed by atoms with Gasteiger partial charge in [0.05, 0.1) is 22.8 Å². The zero-order chi connectivity index (χ0) is 24.2. The molecule has 10 nitrogen and oxygen atoms in total. The molecule has 0 aliphatic carbocycles. The number of aromatic nitrogens is 2. The zero-order valence-electron chi connectivity index (χ0n) is 17.8. The minimum Gasteiger partial charge on any atom is -0.505 e. The standard InChI is InChI=1S/C23H20N7O3P/c24-18(31)12-30-22(17(11-26-30)21(25)34)29-28-19-15-9-5-4-6-13(15)10-16(20(19)32)23(33)27-14-7-2-1-3-8-14/h1-11,25,32H,12,34H2,(H2,24,31)(H,27,33). The zero-order valence-corrected chi connectivity index (χ0v) is 18.9. The predicted octanol–water partition coefficient (Wildman–Crippen LogP) is 4.10. The maximum atomic E-state index is 12.9. The van der Waals surface area contributed by atoms with E-state index in [9.17, 15) is 14.7 Å². The lowest BCUT2D eigenvalue weighted by Crippen LogP contribution is -2.19. The molecule has 2 amide bonds. The molecule has 11 heteroatoms. The summed E-state index contributed by atoms with van der Waals surface area (Å²) in [6.07, 6.45) is 1.37. The number of amides is 2. The SMILES string of the molecule is N=C(P)c1cnn(CC(N)=O)c1N=Nc1c(O)c(C(=O)Nc2ccccc2)cc2ccccc12. The van der Waals surface area contributed by atoms with Gasteiger partial charge in [0.2, 0.25) is 5.91 Å². The van der Waals surface area contributed by atoms with Crippen LogP contribution < -0.4 is 11.1 Å². The van der Waals surface area contributed by atoms with Crippen molar-refractivity contribution in [1.82, 2.24) is 9.78 Å². The molecule has 1 atom stereocenters. The Morgan fingerprint density at radius 3 is 2.50 bits per heavy atom. The lowest BCUT2D eigenvalue weighted by molar-refractivity contribution is -0.118. The summed E-state index contributed by atoms with van der Waals surface area (Å²) in [6, 6.07) is 17.5. The summed E-state index contributed by atoms with van der Waals surface area (Å²) in [7, 11) is 2.22. The predicted molar refractivity (Wildman–Crippen MR) is 132 cm³/mol. The summed E-state index contributed by atoms with van der Waals surface area (Å²) in [5, 5.41) is 35.3. The highest BCUT2D eigenvalue weighted by molar-refractivity contribution is 7.41. The number of rotatable bonds is 7. The summed E-state index contributed by atoms with van der Waals surface area (Å²) in [5.74, 6) is -1.41. The van der Waals surface area contributed by atoms with E-state index in [1.807, 2.05) is 6.07 Å². The number of nitrogens with one attached hydrogen (secondary N) is 2. The molecular formula is C23H20N7O3P. The second kappa shape index (κ2) is 9.60. The maximum absolute atomic E-state index is 12.9. The van der Waals surface area contributed by atoms with Crippen LogP contribution in [0.4, 0.5) is 17.2 Å². The number of anilines is 1. The molecule has 34 heavy (non-hydrogen) atoms. The Morgan fingerprint density at radius 1 is 1.09 bits per heavy atom. The quantitative estimate of drug-likeness (QED) is 0.181. The van der Waals surface area contributed by atoms with Crippen LogP contribution in [0.5, 0.6) is 5.75 Å². The number of hydrogen-bond acceptors (Lipinski definition) is 7. The van der Waals surface area contributed by atoms with E-state index in [-0.39, 0.29) is 34.8 Å². The van der Waals surface area contributed by atoms with Crippen LogP contribution >= 0.6 is 9.24 Å². The summed E-state index contributed by atoms with van der Waals surface area (Å²) < 4.78 is 1.21. The summed E-state index contributed by atoms with van der Waals surface area (Å²) in [4.78, 5) is 24.4. The van der Waals surface area contributed by atoms with Crippen molar-refractivity contribution in [3.05, 3.63) is 78.0 Å². The normalized spacial score (nSPS) is 11.1. The number of primary amides is 1. The number of fused-ring (bicyclic) bond motifs is 1. The number of nitrogens with two attached hydrogens (primary N) is 1. The van der Waals surface area contributed by atoms with Gasteiger partial charge in [0.15, 0.2) is 11.6 Å². The number of phenolic OH excluding ortho intramolecular Hbond substituents is 1. The molecule has 0 radical (unpaired) electrons. The van der Waals surface area contributed by atoms with Gasteiger partial charge in [-0.1, -0.05) is 51.7 Å². The minimum absolute atomic E-state index is 0.0150. The van der Waals surface area contributed by atoms with Gasteiger partial charge >= 0.3 is 0 Å². The van der Waals surface area contributed by atoms with E-state index >= 15 is 0 Å². The van der Waals surface area contributed by atoms with Gasteiger partial charge in [0.1, 0.15) is 12.2 Å². The third-order valence-electron chi connectivity index (χ3n) is 4.92. The van der Waals surface area contributed by atoms with Crippen LogP contribution in [0.1, 0.15) is 15.9 Å². The van der Waals surface area contributed by atoms with Gasteiger partial charge in [-0.05, 0) is 23.6 Å². The van der Waals surface area contributed by atoms with E-state index in [0.717, 1.165) is 0 Å². The Labute approximate surface area is 196 Å². The number of phenols is 1. The first-order chi connectivity index (χ1) is 16.3. The Kier molecular flexibility index (Phi) is 6.42. The number of nitrogens with zero attached hydrogens (tertiary/aromatic N) is 4. The molecule has 0 aliphatic heterocycles. The van der Waals surface area contributed by atoms with Crippen molar-refractivity contribution in [2.24, 2.45) is 16.0 Å². The van der Waals surface area contributed by atoms with Crippen molar-refractivity contribution in [1.29, 1.82) is 5.41 Å². The molecule has 0 fully saturated rings. The maximum Gasteiger partial charge on any atom is 0.259 e. The monoisotopic (exact) mass is 473 g/mol. The molecule has 4 aromatic rings. The molecule has 4 rings (SSSR count). The number of azo groups is 1. The molecule has 5 N–H and O–H groups in total. The minimum atomic E-state index is -0.644. The van der Waals surface area contributed by atoms with E-state index < -0.39 is 11.8 Å². The molecule has 0 bridgehead atoms. The van der Waals surface area contributed by atoms with E-state index in [4.69, 9.17) is 11.1 Å². The Bertz CT molecular complexity index is 1450. The van der Waals surface area contributed by atoms with Crippen LogP contribution in [-0.4, -0.2) is 32.2 Å². The van der Waals surface area contributed by atoms with Crippen molar-refractivity contribution in [2.45, 2.75) is 6.54 Å². The molecule has 1 aromatic heterocycles. The lowest BCUT2D eigenvalue weighted by Gasteiger charge is -2.11. The molecule has 0 saturated carbocycles. The van der Waals surface area contributed by atoms with Crippen LogP contribution in [-0.2, 0) is 11.3 Å². The molecular weight excluding hydrogens is 453 g/mol. The molecule has 170 valence electrons. The molecule has 3 aromatic carbocycles. The number of hydrogen-bond donors (Lipinski definition) is 4. The number of carbonyl (C=O) groups excluding carboxylic acids is 2. The number of benzene rings is 3. The van der Waals surface area contributed by atoms with E-state index in [1.165, 1.54) is 10.9 Å². The molecule has 0 saturated heterocycles. The van der Waals surface area contributed by atoms with Crippen LogP contribution in [0.3, 0.4) is 0 Å². The summed E-state index contributed by atoms with van der Waals surface area (Å²) >= 11 is 0. The van der Waals surface area contributed by atoms with E-state index in [2.05, 4.69) is 29.9 Å². The Hall–Kier alpha value is -4.43. The highest BCUT2D eigenvalue weighted by Crippen LogP contribution is 2.40. The van der Waals surface area contributed by atoms with Gasteiger partial charge in [-0.2, -0.15) is 5.10 Å². The largest absolute Gasteiger partial charge is 0.505 e. The fourth-order valence-electron chi connectivity index (χ4n) is 3.35. The Balaban J connectivity index is 1.82. The first kappa shape index (κ1) is 22.8. The third-order valence-corrected chi connectivity index (χ3v) is 5.23. The smallest absolute Gasteiger partial charge is 0.259 e. The van der Waals surface area contributed by atoms with E-state index in [1.54, 1.807) is 54.6 Å². The van der Waals surface area contributed by atoms with Crippen molar-refractivity contribution >= 4 is 54.5 Å². The second-order valence-corrected chi connectivity index (χ2v) is 7.86. The highest BCUT2D eigenvalue weighted by atomic mass is 31.0. The molecule has 1 heterocycles. The average molecular weight is 473 g/mol. The summed E-state index contributed by atoms with van der Waals surface area (Å²) in [6.45, 7) is -0.265. The number of carbonyl (C=O) groups is 2. The first-order valence-electron chi connectivity index (χ1n) is 10.1. The van der Waals surface area contributed by atoms with Crippen LogP contribution in [0.15, 0.2) is 77.1 Å². The first-order valence-corrected chi connectivity index (χ1v) is 10.6. The van der Waals surface area contributed by atoms with Crippen molar-refractivity contribution in [3.63, 3.8) is 0 Å². The van der Waals surface area contributed by atoms with Gasteiger partial charge in [-0.3, -0.25) is 9.59 Å². The van der Waals surface area contributed by atoms with Crippen LogP contribution in [0, 0.1) is 5.41 Å². The van der Waals surface area contributed by atoms with Gasteiger partial charge in [-0.15, -0.1) is 10.2 Å². The summed E-state index contributed by atoms with van der Waals surface area (Å²) in [5.41, 5.74) is 6.33. The highest BCUT2D eigenvalue weighted by Gasteiger charge is 2.20. The average Bonchev–Trinajstić information content (AvgIpc) is 3.20. The second-order valence-electron chi connectivity index (χ2n) is 7.28. The fourth-order valence-corrected chi connectivity index (χ4v) is 3.55. The lowest BCUT2D eigenvalue weighted by atomic mass is 10.0. The van der Waals surface area contributed by atoms with Crippen molar-refractivity contribution in [3.8, 4) is 5.75 Å². The van der Waals surface area contributed by atoms with Gasteiger partial charge in [-0.25, -0.2) is 4.68 Å². The van der Waals surface area contributed by atoms with Gasteiger partial charge in [0, 0.05) is 11.1 Å². The van der Waals surface area contributed by atoms with Crippen molar-refractivity contribution < 1.29 is 14.7 Å². The molecule has 1 unspecified atom stereocenters. The Morgan fingerprint density at radius 2 is 1.79 bits per heavy atom. The van der Waals surface area contributed by atoms with Crippen LogP contribution in [0.25, 0.3) is 10.8 Å². The third kappa shape index (κ3) is 4.67. The van der Waals surface area contributed by atoms with Gasteiger partial charge in [0.25, 0.3) is 5.91 Å². The van der Waals surface area contributed by atoms with E-state index in [0.29, 0.717) is 22.0 Å². The molecule has 0 spiro atoms. The fraction of sp³-hybridized carbons (Fsp3) is 0.0435. The number of aromatic hydroxyl groups is 1.